The molecule has 2 N–H and O–H groups in total. The van der Waals surface area contributed by atoms with Crippen molar-refractivity contribution < 1.29 is 18.3 Å². The first-order chi connectivity index (χ1) is 7.65. The SMILES string of the molecule is O=C1NC[C@H](c2ccc(OC(F)F)cc2)N1. The van der Waals surface area contributed by atoms with E-state index in [0.717, 1.165) is 5.56 Å². The van der Waals surface area contributed by atoms with Gasteiger partial charge in [0, 0.05) is 6.54 Å². The van der Waals surface area contributed by atoms with Gasteiger partial charge in [-0.15, -0.1) is 0 Å². The highest BCUT2D eigenvalue weighted by molar-refractivity contribution is 5.76. The molecular formula is C10H10F2N2O2. The van der Waals surface area contributed by atoms with E-state index in [1.54, 1.807) is 12.1 Å². The summed E-state index contributed by atoms with van der Waals surface area (Å²) in [7, 11) is 0. The number of nitrogens with one attached hydrogen (secondary N) is 2. The lowest BCUT2D eigenvalue weighted by atomic mass is 10.1. The van der Waals surface area contributed by atoms with E-state index >= 15 is 0 Å². The van der Waals surface area contributed by atoms with Crippen molar-refractivity contribution in [3.63, 3.8) is 0 Å². The smallest absolute Gasteiger partial charge is 0.387 e. The van der Waals surface area contributed by atoms with Crippen LogP contribution in [0.3, 0.4) is 0 Å². The van der Waals surface area contributed by atoms with Gasteiger partial charge in [0.05, 0.1) is 6.04 Å². The number of carbonyl (C=O) groups excluding carboxylic acids is 1. The summed E-state index contributed by atoms with van der Waals surface area (Å²) in [5, 5.41) is 5.30. The lowest BCUT2D eigenvalue weighted by Gasteiger charge is -2.10. The molecule has 2 amide bonds. The second-order valence-corrected chi connectivity index (χ2v) is 3.35. The number of amides is 2. The van der Waals surface area contributed by atoms with Crippen LogP contribution >= 0.6 is 0 Å². The third-order valence-electron chi connectivity index (χ3n) is 2.28. The van der Waals surface area contributed by atoms with Crippen LogP contribution in [0.1, 0.15) is 11.6 Å². The Labute approximate surface area is 90.6 Å². The fourth-order valence-electron chi connectivity index (χ4n) is 1.54. The lowest BCUT2D eigenvalue weighted by Crippen LogP contribution is -2.21. The van der Waals surface area contributed by atoms with Crippen molar-refractivity contribution in [2.45, 2.75) is 12.7 Å². The molecule has 1 aliphatic rings. The average Bonchev–Trinajstić information content (AvgIpc) is 2.65. The third-order valence-corrected chi connectivity index (χ3v) is 2.28. The maximum atomic E-state index is 11.9. The maximum Gasteiger partial charge on any atom is 0.387 e. The fraction of sp³-hybridized carbons (Fsp3) is 0.300. The first-order valence-electron chi connectivity index (χ1n) is 4.74. The minimum atomic E-state index is -2.82. The average molecular weight is 228 g/mol. The molecule has 1 saturated heterocycles. The Bertz CT molecular complexity index is 381. The van der Waals surface area contributed by atoms with Crippen molar-refractivity contribution in [1.82, 2.24) is 10.6 Å². The minimum Gasteiger partial charge on any atom is -0.435 e. The van der Waals surface area contributed by atoms with Gasteiger partial charge in [-0.3, -0.25) is 0 Å². The Kier molecular flexibility index (Phi) is 2.89. The predicted molar refractivity (Wildman–Crippen MR) is 52.3 cm³/mol. The topological polar surface area (TPSA) is 50.4 Å². The van der Waals surface area contributed by atoms with Crippen molar-refractivity contribution in [3.05, 3.63) is 29.8 Å². The normalized spacial score (nSPS) is 19.4. The van der Waals surface area contributed by atoms with Crippen LogP contribution in [-0.2, 0) is 0 Å². The first kappa shape index (κ1) is 10.7. The number of hydrogen-bond donors (Lipinski definition) is 2. The standard InChI is InChI=1S/C10H10F2N2O2/c11-9(12)16-7-3-1-6(2-4-7)8-5-13-10(15)14-8/h1-4,8-9H,5H2,(H2,13,14,15)/t8-/m1/s1. The number of rotatable bonds is 3. The van der Waals surface area contributed by atoms with Crippen LogP contribution in [0.2, 0.25) is 0 Å². The van der Waals surface area contributed by atoms with Gasteiger partial charge in [0.1, 0.15) is 5.75 Å². The van der Waals surface area contributed by atoms with E-state index in [9.17, 15) is 13.6 Å². The summed E-state index contributed by atoms with van der Waals surface area (Å²) in [4.78, 5) is 10.9. The number of carbonyl (C=O) groups is 1. The molecule has 0 aromatic heterocycles. The van der Waals surface area contributed by atoms with Crippen LogP contribution in [0.5, 0.6) is 5.75 Å². The van der Waals surface area contributed by atoms with Crippen LogP contribution in [0, 0.1) is 0 Å². The number of halogens is 2. The number of benzene rings is 1. The molecule has 16 heavy (non-hydrogen) atoms. The summed E-state index contributed by atoms with van der Waals surface area (Å²) in [6.45, 7) is -2.33. The van der Waals surface area contributed by atoms with E-state index in [-0.39, 0.29) is 17.8 Å². The molecule has 0 bridgehead atoms. The van der Waals surface area contributed by atoms with Crippen molar-refractivity contribution in [3.8, 4) is 5.75 Å². The van der Waals surface area contributed by atoms with Crippen molar-refractivity contribution in [2.24, 2.45) is 0 Å². The zero-order valence-electron chi connectivity index (χ0n) is 8.24. The van der Waals surface area contributed by atoms with Crippen LogP contribution in [0.25, 0.3) is 0 Å². The summed E-state index contributed by atoms with van der Waals surface area (Å²) in [5.74, 6) is 0.107. The summed E-state index contributed by atoms with van der Waals surface area (Å²) in [6.07, 6.45) is 0. The van der Waals surface area contributed by atoms with Crippen LogP contribution in [0.15, 0.2) is 24.3 Å². The van der Waals surface area contributed by atoms with E-state index in [2.05, 4.69) is 15.4 Å². The molecule has 1 atom stereocenters. The molecule has 4 nitrogen and oxygen atoms in total. The Morgan fingerprint density at radius 2 is 2.00 bits per heavy atom. The molecule has 1 aromatic rings. The summed E-state index contributed by atoms with van der Waals surface area (Å²) < 4.78 is 28.0. The van der Waals surface area contributed by atoms with Gasteiger partial charge >= 0.3 is 12.6 Å². The molecule has 0 aliphatic carbocycles. The molecule has 1 aromatic carbocycles. The van der Waals surface area contributed by atoms with E-state index in [1.165, 1.54) is 12.1 Å². The van der Waals surface area contributed by atoms with Crippen molar-refractivity contribution in [2.75, 3.05) is 6.54 Å². The lowest BCUT2D eigenvalue weighted by molar-refractivity contribution is -0.0498. The molecule has 2 rings (SSSR count). The molecule has 6 heteroatoms. The number of hydrogen-bond acceptors (Lipinski definition) is 2. The molecule has 86 valence electrons. The van der Waals surface area contributed by atoms with Crippen LogP contribution in [-0.4, -0.2) is 19.2 Å². The number of ether oxygens (including phenoxy) is 1. The highest BCUT2D eigenvalue weighted by Crippen LogP contribution is 2.20. The molecule has 1 fully saturated rings. The Hall–Kier alpha value is -1.85. The van der Waals surface area contributed by atoms with Gasteiger partial charge in [0.2, 0.25) is 0 Å². The van der Waals surface area contributed by atoms with Gasteiger partial charge in [-0.1, -0.05) is 12.1 Å². The quantitative estimate of drug-likeness (QED) is 0.826. The largest absolute Gasteiger partial charge is 0.435 e. The zero-order valence-corrected chi connectivity index (χ0v) is 8.24. The van der Waals surface area contributed by atoms with Gasteiger partial charge in [0.15, 0.2) is 0 Å². The molecular weight excluding hydrogens is 218 g/mol. The van der Waals surface area contributed by atoms with Gasteiger partial charge < -0.3 is 15.4 Å². The molecule has 0 radical (unpaired) electrons. The maximum absolute atomic E-state index is 11.9. The summed E-state index contributed by atoms with van der Waals surface area (Å²) in [6, 6.07) is 5.86. The molecule has 1 heterocycles. The van der Waals surface area contributed by atoms with Crippen molar-refractivity contribution >= 4 is 6.03 Å². The Morgan fingerprint density at radius 3 is 2.50 bits per heavy atom. The second-order valence-electron chi connectivity index (χ2n) is 3.35. The predicted octanol–water partition coefficient (Wildman–Crippen LogP) is 1.64. The zero-order chi connectivity index (χ0) is 11.5. The van der Waals surface area contributed by atoms with E-state index in [0.29, 0.717) is 6.54 Å². The van der Waals surface area contributed by atoms with Crippen LogP contribution in [0.4, 0.5) is 13.6 Å². The van der Waals surface area contributed by atoms with Crippen molar-refractivity contribution in [1.29, 1.82) is 0 Å². The van der Waals surface area contributed by atoms with Crippen LogP contribution < -0.4 is 15.4 Å². The Balaban J connectivity index is 2.04. The van der Waals surface area contributed by atoms with Gasteiger partial charge in [-0.25, -0.2) is 4.79 Å². The molecule has 1 aliphatic heterocycles. The highest BCUT2D eigenvalue weighted by Gasteiger charge is 2.21. The summed E-state index contributed by atoms with van der Waals surface area (Å²) >= 11 is 0. The second kappa shape index (κ2) is 4.34. The van der Waals surface area contributed by atoms with E-state index < -0.39 is 6.61 Å². The van der Waals surface area contributed by atoms with Gasteiger partial charge in [0.25, 0.3) is 0 Å². The van der Waals surface area contributed by atoms with Gasteiger partial charge in [-0.05, 0) is 17.7 Å². The summed E-state index contributed by atoms with van der Waals surface area (Å²) in [5.41, 5.74) is 0.847. The van der Waals surface area contributed by atoms with E-state index in [1.807, 2.05) is 0 Å². The first-order valence-corrected chi connectivity index (χ1v) is 4.74. The molecule has 0 saturated carbocycles. The number of urea groups is 1. The molecule has 0 unspecified atom stereocenters. The third kappa shape index (κ3) is 2.39. The highest BCUT2D eigenvalue weighted by atomic mass is 19.3. The monoisotopic (exact) mass is 228 g/mol. The fourth-order valence-corrected chi connectivity index (χ4v) is 1.54. The number of alkyl halides is 2. The molecule has 0 spiro atoms. The minimum absolute atomic E-state index is 0.107. The van der Waals surface area contributed by atoms with E-state index in [4.69, 9.17) is 0 Å². The van der Waals surface area contributed by atoms with Gasteiger partial charge in [-0.2, -0.15) is 8.78 Å². The Morgan fingerprint density at radius 1 is 1.31 bits per heavy atom.